The van der Waals surface area contributed by atoms with E-state index in [-0.39, 0.29) is 0 Å². The first-order valence-electron chi connectivity index (χ1n) is 4.18. The molecule has 0 saturated heterocycles. The average Bonchev–Trinajstić information content (AvgIpc) is 2.18. The minimum atomic E-state index is -0.400. The van der Waals surface area contributed by atoms with Crippen LogP contribution in [0.1, 0.15) is 5.56 Å². The molecule has 0 aliphatic heterocycles. The van der Waals surface area contributed by atoms with Crippen LogP contribution in [0.5, 0.6) is 5.75 Å². The van der Waals surface area contributed by atoms with Gasteiger partial charge in [-0.1, -0.05) is 18.2 Å². The molecule has 4 heteroatoms. The van der Waals surface area contributed by atoms with Gasteiger partial charge in [-0.2, -0.15) is 0 Å². The van der Waals surface area contributed by atoms with Crippen LogP contribution in [-0.2, 0) is 5.88 Å². The highest BCUT2D eigenvalue weighted by Crippen LogP contribution is 2.20. The molecule has 1 aromatic rings. The van der Waals surface area contributed by atoms with Crippen molar-refractivity contribution in [2.45, 2.75) is 5.88 Å². The number of amides is 1. The molecular formula is C10H12ClNO2. The molecule has 0 saturated carbocycles. The highest BCUT2D eigenvalue weighted by Gasteiger charge is 2.09. The Morgan fingerprint density at radius 2 is 2.07 bits per heavy atom. The zero-order chi connectivity index (χ0) is 10.6. The van der Waals surface area contributed by atoms with Crippen molar-refractivity contribution in [1.82, 2.24) is 4.90 Å². The van der Waals surface area contributed by atoms with Crippen LogP contribution in [0.3, 0.4) is 0 Å². The summed E-state index contributed by atoms with van der Waals surface area (Å²) < 4.78 is 5.10. The number of nitrogens with zero attached hydrogens (tertiary/aromatic N) is 1. The van der Waals surface area contributed by atoms with Crippen LogP contribution in [0.4, 0.5) is 4.79 Å². The molecule has 0 bridgehead atoms. The van der Waals surface area contributed by atoms with Gasteiger partial charge in [0, 0.05) is 19.7 Å². The molecule has 0 aromatic heterocycles. The SMILES string of the molecule is CN(C)C(=O)Oc1ccccc1CCl. The number of rotatable bonds is 2. The molecule has 0 aliphatic carbocycles. The van der Waals surface area contributed by atoms with Crippen LogP contribution in [-0.4, -0.2) is 25.1 Å². The number of hydrogen-bond acceptors (Lipinski definition) is 2. The summed E-state index contributed by atoms with van der Waals surface area (Å²) in [6, 6.07) is 7.20. The Bertz CT molecular complexity index is 326. The maximum Gasteiger partial charge on any atom is 0.414 e. The number of carbonyl (C=O) groups is 1. The van der Waals surface area contributed by atoms with Crippen LogP contribution >= 0.6 is 11.6 Å². The van der Waals surface area contributed by atoms with E-state index in [9.17, 15) is 4.79 Å². The van der Waals surface area contributed by atoms with Gasteiger partial charge < -0.3 is 9.64 Å². The third kappa shape index (κ3) is 2.64. The van der Waals surface area contributed by atoms with Gasteiger partial charge in [-0.05, 0) is 6.07 Å². The molecule has 0 spiro atoms. The van der Waals surface area contributed by atoms with Crippen molar-refractivity contribution < 1.29 is 9.53 Å². The smallest absolute Gasteiger partial charge is 0.410 e. The second kappa shape index (κ2) is 4.86. The molecule has 1 aromatic carbocycles. The van der Waals surface area contributed by atoms with Gasteiger partial charge in [0.05, 0.1) is 5.88 Å². The Balaban J connectivity index is 2.80. The first kappa shape index (κ1) is 10.9. The summed E-state index contributed by atoms with van der Waals surface area (Å²) in [5.41, 5.74) is 0.810. The van der Waals surface area contributed by atoms with Gasteiger partial charge in [0.15, 0.2) is 0 Å². The van der Waals surface area contributed by atoms with E-state index in [1.807, 2.05) is 12.1 Å². The fourth-order valence-electron chi connectivity index (χ4n) is 0.899. The maximum atomic E-state index is 11.2. The van der Waals surface area contributed by atoms with Gasteiger partial charge in [-0.15, -0.1) is 11.6 Å². The molecule has 0 heterocycles. The molecular weight excluding hydrogens is 202 g/mol. The number of hydrogen-bond donors (Lipinski definition) is 0. The molecule has 0 N–H and O–H groups in total. The molecule has 0 aliphatic rings. The van der Waals surface area contributed by atoms with Crippen molar-refractivity contribution >= 4 is 17.7 Å². The lowest BCUT2D eigenvalue weighted by Gasteiger charge is -2.12. The van der Waals surface area contributed by atoms with E-state index in [0.717, 1.165) is 5.56 Å². The predicted molar refractivity (Wildman–Crippen MR) is 55.7 cm³/mol. The molecule has 0 unspecified atom stereocenters. The Morgan fingerprint density at radius 1 is 1.43 bits per heavy atom. The van der Waals surface area contributed by atoms with E-state index in [4.69, 9.17) is 16.3 Å². The van der Waals surface area contributed by atoms with Gasteiger partial charge in [0.25, 0.3) is 0 Å². The number of benzene rings is 1. The van der Waals surface area contributed by atoms with Crippen molar-refractivity contribution in [3.63, 3.8) is 0 Å². The highest BCUT2D eigenvalue weighted by atomic mass is 35.5. The summed E-state index contributed by atoms with van der Waals surface area (Å²) in [5.74, 6) is 0.845. The van der Waals surface area contributed by atoms with Crippen molar-refractivity contribution in [2.75, 3.05) is 14.1 Å². The van der Waals surface area contributed by atoms with Crippen molar-refractivity contribution in [3.05, 3.63) is 29.8 Å². The van der Waals surface area contributed by atoms with Crippen molar-refractivity contribution in [1.29, 1.82) is 0 Å². The zero-order valence-electron chi connectivity index (χ0n) is 8.16. The molecule has 14 heavy (non-hydrogen) atoms. The number of alkyl halides is 1. The maximum absolute atomic E-state index is 11.2. The first-order chi connectivity index (χ1) is 6.65. The lowest BCUT2D eigenvalue weighted by atomic mass is 10.2. The van der Waals surface area contributed by atoms with E-state index in [2.05, 4.69) is 0 Å². The number of halogens is 1. The lowest BCUT2D eigenvalue weighted by molar-refractivity contribution is 0.171. The Kier molecular flexibility index (Phi) is 3.77. The van der Waals surface area contributed by atoms with Crippen LogP contribution in [0.2, 0.25) is 0 Å². The monoisotopic (exact) mass is 213 g/mol. The second-order valence-electron chi connectivity index (χ2n) is 3.00. The molecule has 0 radical (unpaired) electrons. The molecule has 1 amide bonds. The second-order valence-corrected chi connectivity index (χ2v) is 3.27. The van der Waals surface area contributed by atoms with Gasteiger partial charge in [0.1, 0.15) is 5.75 Å². The van der Waals surface area contributed by atoms with Crippen molar-refractivity contribution in [3.8, 4) is 5.75 Å². The first-order valence-corrected chi connectivity index (χ1v) is 4.71. The van der Waals surface area contributed by atoms with Gasteiger partial charge in [-0.25, -0.2) is 4.79 Å². The Labute approximate surface area is 88.2 Å². The van der Waals surface area contributed by atoms with Gasteiger partial charge in [0.2, 0.25) is 0 Å². The van der Waals surface area contributed by atoms with Crippen LogP contribution < -0.4 is 4.74 Å². The normalized spacial score (nSPS) is 9.64. The molecule has 0 atom stereocenters. The van der Waals surface area contributed by atoms with E-state index in [1.54, 1.807) is 26.2 Å². The van der Waals surface area contributed by atoms with E-state index < -0.39 is 6.09 Å². The summed E-state index contributed by atoms with van der Waals surface area (Å²) in [6.45, 7) is 0. The Morgan fingerprint density at radius 3 is 2.64 bits per heavy atom. The molecule has 0 fully saturated rings. The third-order valence-corrected chi connectivity index (χ3v) is 1.97. The fraction of sp³-hybridized carbons (Fsp3) is 0.300. The quantitative estimate of drug-likeness (QED) is 0.707. The van der Waals surface area contributed by atoms with Crippen LogP contribution in [0, 0.1) is 0 Å². The van der Waals surface area contributed by atoms with Crippen LogP contribution in [0.25, 0.3) is 0 Å². The predicted octanol–water partition coefficient (Wildman–Crippen LogP) is 2.49. The standard InChI is InChI=1S/C10H12ClNO2/c1-12(2)10(13)14-9-6-4-3-5-8(9)7-11/h3-6H,7H2,1-2H3. The largest absolute Gasteiger partial charge is 0.414 e. The third-order valence-electron chi connectivity index (χ3n) is 1.68. The highest BCUT2D eigenvalue weighted by molar-refractivity contribution is 6.17. The van der Waals surface area contributed by atoms with Gasteiger partial charge >= 0.3 is 6.09 Å². The fourth-order valence-corrected chi connectivity index (χ4v) is 1.12. The average molecular weight is 214 g/mol. The van der Waals surface area contributed by atoms with Gasteiger partial charge in [-0.3, -0.25) is 0 Å². The summed E-state index contributed by atoms with van der Waals surface area (Å²) in [7, 11) is 3.26. The number of ether oxygens (including phenoxy) is 1. The number of carbonyl (C=O) groups excluding carboxylic acids is 1. The molecule has 3 nitrogen and oxygen atoms in total. The zero-order valence-corrected chi connectivity index (χ0v) is 8.91. The van der Waals surface area contributed by atoms with Crippen molar-refractivity contribution in [2.24, 2.45) is 0 Å². The minimum absolute atomic E-state index is 0.330. The summed E-state index contributed by atoms with van der Waals surface area (Å²) >= 11 is 5.69. The molecule has 1 rings (SSSR count). The Hall–Kier alpha value is -1.22. The van der Waals surface area contributed by atoms with E-state index in [0.29, 0.717) is 11.6 Å². The number of para-hydroxylation sites is 1. The van der Waals surface area contributed by atoms with E-state index >= 15 is 0 Å². The minimum Gasteiger partial charge on any atom is -0.410 e. The lowest BCUT2D eigenvalue weighted by Crippen LogP contribution is -2.25. The summed E-state index contributed by atoms with van der Waals surface area (Å²) in [6.07, 6.45) is -0.400. The summed E-state index contributed by atoms with van der Waals surface area (Å²) in [5, 5.41) is 0. The topological polar surface area (TPSA) is 29.5 Å². The summed E-state index contributed by atoms with van der Waals surface area (Å²) in [4.78, 5) is 12.6. The van der Waals surface area contributed by atoms with E-state index in [1.165, 1.54) is 4.90 Å². The molecule has 76 valence electrons. The van der Waals surface area contributed by atoms with Crippen LogP contribution in [0.15, 0.2) is 24.3 Å².